The number of amides is 1. The average molecular weight is 406 g/mol. The number of halogens is 1. The third-order valence-electron chi connectivity index (χ3n) is 3.88. The quantitative estimate of drug-likeness (QED) is 0.653. The number of rotatable bonds is 9. The third kappa shape index (κ3) is 7.21. The summed E-state index contributed by atoms with van der Waals surface area (Å²) in [6.45, 7) is 3.94. The van der Waals surface area contributed by atoms with E-state index in [1.165, 1.54) is 0 Å². The van der Waals surface area contributed by atoms with Crippen LogP contribution in [0.15, 0.2) is 48.5 Å². The Morgan fingerprint density at radius 2 is 1.82 bits per heavy atom. The van der Waals surface area contributed by atoms with Crippen molar-refractivity contribution < 1.29 is 24.2 Å². The van der Waals surface area contributed by atoms with E-state index in [1.807, 2.05) is 30.3 Å². The molecule has 0 aliphatic heterocycles. The van der Waals surface area contributed by atoms with Crippen molar-refractivity contribution in [2.24, 2.45) is 0 Å². The smallest absolute Gasteiger partial charge is 0.407 e. The summed E-state index contributed by atoms with van der Waals surface area (Å²) in [4.78, 5) is 23.2. The fourth-order valence-corrected chi connectivity index (χ4v) is 2.78. The highest BCUT2D eigenvalue weighted by molar-refractivity contribution is 6.31. The van der Waals surface area contributed by atoms with Gasteiger partial charge in [-0.05, 0) is 31.0 Å². The van der Waals surface area contributed by atoms with Crippen LogP contribution in [0.5, 0.6) is 0 Å². The Labute approximate surface area is 169 Å². The zero-order valence-electron chi connectivity index (χ0n) is 15.9. The Balaban J connectivity index is 1.87. The molecule has 2 aromatic carbocycles. The van der Waals surface area contributed by atoms with Crippen LogP contribution in [0.2, 0.25) is 5.02 Å². The molecule has 1 amide bonds. The Kier molecular flexibility index (Phi) is 8.29. The molecule has 2 N–H and O–H groups in total. The maximum absolute atomic E-state index is 11.9. The summed E-state index contributed by atoms with van der Waals surface area (Å²) in [6, 6.07) is 14.5. The molecule has 150 valence electrons. The van der Waals surface area contributed by atoms with Crippen molar-refractivity contribution in [3.8, 4) is 0 Å². The van der Waals surface area contributed by atoms with E-state index in [4.69, 9.17) is 21.1 Å². The molecule has 0 saturated carbocycles. The second-order valence-electron chi connectivity index (χ2n) is 6.56. The largest absolute Gasteiger partial charge is 0.479 e. The number of carbonyl (C=O) groups is 2. The lowest BCUT2D eigenvalue weighted by Gasteiger charge is -2.17. The van der Waals surface area contributed by atoms with Crippen LogP contribution in [-0.4, -0.2) is 29.4 Å². The monoisotopic (exact) mass is 405 g/mol. The van der Waals surface area contributed by atoms with Crippen LogP contribution >= 0.6 is 11.6 Å². The van der Waals surface area contributed by atoms with Gasteiger partial charge in [-0.1, -0.05) is 54.1 Å². The van der Waals surface area contributed by atoms with Crippen LogP contribution in [0.3, 0.4) is 0 Å². The van der Waals surface area contributed by atoms with Gasteiger partial charge < -0.3 is 19.9 Å². The van der Waals surface area contributed by atoms with Gasteiger partial charge in [0.25, 0.3) is 0 Å². The second kappa shape index (κ2) is 10.7. The Hall–Kier alpha value is -2.57. The summed E-state index contributed by atoms with van der Waals surface area (Å²) in [7, 11) is 0. The Morgan fingerprint density at radius 1 is 1.11 bits per heavy atom. The van der Waals surface area contributed by atoms with Crippen LogP contribution in [0.1, 0.15) is 30.5 Å². The van der Waals surface area contributed by atoms with Gasteiger partial charge in [0.2, 0.25) is 0 Å². The molecule has 2 rings (SSSR count). The van der Waals surface area contributed by atoms with E-state index in [0.717, 1.165) is 16.7 Å². The molecule has 0 heterocycles. The fourth-order valence-electron chi connectivity index (χ4n) is 2.59. The SMILES string of the molecule is CC(C)OC(Cc1cccc(CNC(=O)OCc2ccccc2Cl)c1)C(=O)O. The first-order valence-corrected chi connectivity index (χ1v) is 9.33. The van der Waals surface area contributed by atoms with Crippen molar-refractivity contribution in [2.45, 2.75) is 45.6 Å². The molecule has 1 unspecified atom stereocenters. The van der Waals surface area contributed by atoms with E-state index in [9.17, 15) is 14.7 Å². The predicted molar refractivity (Wildman–Crippen MR) is 106 cm³/mol. The van der Waals surface area contributed by atoms with Crippen LogP contribution in [0.25, 0.3) is 0 Å². The lowest BCUT2D eigenvalue weighted by molar-refractivity contribution is -0.153. The first-order chi connectivity index (χ1) is 13.3. The van der Waals surface area contributed by atoms with Gasteiger partial charge in [0, 0.05) is 23.6 Å². The van der Waals surface area contributed by atoms with Crippen molar-refractivity contribution in [3.05, 3.63) is 70.2 Å². The molecule has 2 aromatic rings. The number of hydrogen-bond acceptors (Lipinski definition) is 4. The summed E-state index contributed by atoms with van der Waals surface area (Å²) in [5.74, 6) is -1.000. The maximum Gasteiger partial charge on any atom is 0.407 e. The lowest BCUT2D eigenvalue weighted by atomic mass is 10.0. The molecule has 0 aromatic heterocycles. The highest BCUT2D eigenvalue weighted by Crippen LogP contribution is 2.16. The number of carboxylic acid groups (broad SMARTS) is 1. The number of ether oxygens (including phenoxy) is 2. The number of carbonyl (C=O) groups excluding carboxylic acids is 1. The van der Waals surface area contributed by atoms with Crippen molar-refractivity contribution >= 4 is 23.7 Å². The molecule has 7 heteroatoms. The number of benzene rings is 2. The van der Waals surface area contributed by atoms with Crippen molar-refractivity contribution in [3.63, 3.8) is 0 Å². The Morgan fingerprint density at radius 3 is 2.50 bits per heavy atom. The predicted octanol–water partition coefficient (Wildman–Crippen LogP) is 4.19. The third-order valence-corrected chi connectivity index (χ3v) is 4.25. The summed E-state index contributed by atoms with van der Waals surface area (Å²) >= 11 is 6.03. The summed E-state index contributed by atoms with van der Waals surface area (Å²) in [5.41, 5.74) is 2.38. The maximum atomic E-state index is 11.9. The molecule has 0 spiro atoms. The van der Waals surface area contributed by atoms with Crippen molar-refractivity contribution in [2.75, 3.05) is 0 Å². The summed E-state index contributed by atoms with van der Waals surface area (Å²) < 4.78 is 10.6. The minimum absolute atomic E-state index is 0.0817. The van der Waals surface area contributed by atoms with Gasteiger partial charge >= 0.3 is 12.1 Å². The number of alkyl carbamates (subject to hydrolysis) is 1. The fraction of sp³-hybridized carbons (Fsp3) is 0.333. The van der Waals surface area contributed by atoms with Gasteiger partial charge in [-0.3, -0.25) is 0 Å². The van der Waals surface area contributed by atoms with Gasteiger partial charge in [0.15, 0.2) is 6.10 Å². The topological polar surface area (TPSA) is 84.9 Å². The molecule has 0 aliphatic rings. The highest BCUT2D eigenvalue weighted by Gasteiger charge is 2.20. The van der Waals surface area contributed by atoms with Crippen LogP contribution < -0.4 is 5.32 Å². The summed E-state index contributed by atoms with van der Waals surface area (Å²) in [5, 5.41) is 12.5. The van der Waals surface area contributed by atoms with Gasteiger partial charge in [0.1, 0.15) is 6.61 Å². The van der Waals surface area contributed by atoms with E-state index in [2.05, 4.69) is 5.32 Å². The van der Waals surface area contributed by atoms with E-state index >= 15 is 0 Å². The van der Waals surface area contributed by atoms with Crippen molar-refractivity contribution in [1.82, 2.24) is 5.32 Å². The molecule has 0 fully saturated rings. The van der Waals surface area contributed by atoms with E-state index in [1.54, 1.807) is 32.0 Å². The standard InChI is InChI=1S/C21H24ClNO5/c1-14(2)28-19(20(24)25)11-15-6-5-7-16(10-15)12-23-21(26)27-13-17-8-3-4-9-18(17)22/h3-10,14,19H,11-13H2,1-2H3,(H,23,26)(H,24,25). The van der Waals surface area contributed by atoms with Gasteiger partial charge in [0.05, 0.1) is 6.10 Å². The zero-order valence-corrected chi connectivity index (χ0v) is 16.6. The summed E-state index contributed by atoms with van der Waals surface area (Å²) in [6.07, 6.45) is -1.40. The van der Waals surface area contributed by atoms with Crippen LogP contribution in [0, 0.1) is 0 Å². The highest BCUT2D eigenvalue weighted by atomic mass is 35.5. The van der Waals surface area contributed by atoms with E-state index < -0.39 is 18.2 Å². The Bertz CT molecular complexity index is 809. The zero-order chi connectivity index (χ0) is 20.5. The van der Waals surface area contributed by atoms with E-state index in [-0.39, 0.29) is 25.7 Å². The second-order valence-corrected chi connectivity index (χ2v) is 6.96. The van der Waals surface area contributed by atoms with E-state index in [0.29, 0.717) is 5.02 Å². The van der Waals surface area contributed by atoms with Gasteiger partial charge in [-0.25, -0.2) is 9.59 Å². The molecule has 0 saturated heterocycles. The minimum atomic E-state index is -1.000. The molecule has 0 aliphatic carbocycles. The molecule has 1 atom stereocenters. The molecule has 0 radical (unpaired) electrons. The first kappa shape index (κ1) is 21.7. The number of aliphatic carboxylic acids is 1. The van der Waals surface area contributed by atoms with Crippen LogP contribution in [-0.2, 0) is 33.8 Å². The number of nitrogens with one attached hydrogen (secondary N) is 1. The lowest BCUT2D eigenvalue weighted by Crippen LogP contribution is -2.29. The number of carboxylic acids is 1. The normalized spacial score (nSPS) is 11.9. The number of hydrogen-bond donors (Lipinski definition) is 2. The molecule has 28 heavy (non-hydrogen) atoms. The minimum Gasteiger partial charge on any atom is -0.479 e. The van der Waals surface area contributed by atoms with Crippen molar-refractivity contribution in [1.29, 1.82) is 0 Å². The molecular weight excluding hydrogens is 382 g/mol. The van der Waals surface area contributed by atoms with Gasteiger partial charge in [-0.2, -0.15) is 0 Å². The average Bonchev–Trinajstić information content (AvgIpc) is 2.65. The first-order valence-electron chi connectivity index (χ1n) is 8.95. The molecular formula is C21H24ClNO5. The van der Waals surface area contributed by atoms with Crippen LogP contribution in [0.4, 0.5) is 4.79 Å². The molecule has 6 nitrogen and oxygen atoms in total. The van der Waals surface area contributed by atoms with Gasteiger partial charge in [-0.15, -0.1) is 0 Å². The molecule has 0 bridgehead atoms.